The van der Waals surface area contributed by atoms with E-state index in [9.17, 15) is 14.3 Å². The van der Waals surface area contributed by atoms with Gasteiger partial charge in [-0.3, -0.25) is 4.79 Å². The normalized spacial score (nSPS) is 27.6. The molecule has 1 saturated carbocycles. The number of alkyl halides is 1. The number of fused-ring (bicyclic) bond motifs is 2. The molecular formula is C30H26F2N2O5. The van der Waals surface area contributed by atoms with Crippen molar-refractivity contribution in [2.24, 2.45) is 5.92 Å². The molecule has 0 unspecified atom stereocenters. The topological polar surface area (TPSA) is 93.7 Å². The zero-order valence-corrected chi connectivity index (χ0v) is 20.8. The average Bonchev–Trinajstić information content (AvgIpc) is 3.22. The van der Waals surface area contributed by atoms with E-state index in [1.54, 1.807) is 6.07 Å². The summed E-state index contributed by atoms with van der Waals surface area (Å²) in [5.41, 5.74) is 4.69. The molecule has 39 heavy (non-hydrogen) atoms. The average molecular weight is 533 g/mol. The van der Waals surface area contributed by atoms with E-state index < -0.39 is 30.1 Å². The molecule has 2 aliphatic heterocycles. The van der Waals surface area contributed by atoms with Crippen molar-refractivity contribution < 1.29 is 32.9 Å². The summed E-state index contributed by atoms with van der Waals surface area (Å²) in [6.45, 7) is 0.507. The lowest BCUT2D eigenvalue weighted by atomic mass is 9.99. The number of Topliss-reactive ketones (excluding diaryl/α,β-unsaturated/α-hetero) is 1. The Bertz CT molecular complexity index is 1540. The third-order valence-electron chi connectivity index (χ3n) is 7.74. The fourth-order valence-corrected chi connectivity index (χ4v) is 5.45. The number of ketones is 1. The molecule has 3 fully saturated rings. The van der Waals surface area contributed by atoms with E-state index in [0.29, 0.717) is 35.5 Å². The van der Waals surface area contributed by atoms with Gasteiger partial charge >= 0.3 is 0 Å². The number of nitrogens with one attached hydrogen (secondary N) is 1. The van der Waals surface area contributed by atoms with Gasteiger partial charge < -0.3 is 24.3 Å². The summed E-state index contributed by atoms with van der Waals surface area (Å²) >= 11 is 0. The number of H-pyrrole nitrogens is 1. The molecule has 0 spiro atoms. The zero-order valence-electron chi connectivity index (χ0n) is 20.8. The molecular weight excluding hydrogens is 506 g/mol. The first-order chi connectivity index (χ1) is 18.9. The Morgan fingerprint density at radius 1 is 1.00 bits per heavy atom. The summed E-state index contributed by atoms with van der Waals surface area (Å²) in [6, 6.07) is 18.2. The number of aliphatic hydroxyl groups excluding tert-OH is 1. The van der Waals surface area contributed by atoms with Crippen molar-refractivity contribution in [3.05, 3.63) is 72.0 Å². The lowest BCUT2D eigenvalue weighted by molar-refractivity contribution is -0.119. The number of aromatic amines is 1. The first-order valence-corrected chi connectivity index (χ1v) is 13.1. The van der Waals surface area contributed by atoms with Crippen LogP contribution in [0.1, 0.15) is 12.0 Å². The number of aromatic nitrogens is 2. The fourth-order valence-electron chi connectivity index (χ4n) is 5.45. The second-order valence-corrected chi connectivity index (χ2v) is 10.5. The minimum Gasteiger partial charge on any atom is -0.470 e. The molecule has 2 N–H and O–H groups in total. The minimum absolute atomic E-state index is 0.0453. The zero-order chi connectivity index (χ0) is 26.7. The maximum atomic E-state index is 15.1. The first kappa shape index (κ1) is 24.4. The van der Waals surface area contributed by atoms with Crippen LogP contribution in [-0.2, 0) is 20.7 Å². The van der Waals surface area contributed by atoms with Gasteiger partial charge in [-0.05, 0) is 23.1 Å². The molecule has 9 heteroatoms. The van der Waals surface area contributed by atoms with Crippen LogP contribution in [-0.4, -0.2) is 64.7 Å². The van der Waals surface area contributed by atoms with Gasteiger partial charge in [-0.15, -0.1) is 0 Å². The highest BCUT2D eigenvalue weighted by Gasteiger charge is 2.48. The molecule has 7 rings (SSSR count). The third-order valence-corrected chi connectivity index (χ3v) is 7.74. The van der Waals surface area contributed by atoms with Crippen molar-refractivity contribution >= 4 is 16.8 Å². The Kier molecular flexibility index (Phi) is 5.95. The van der Waals surface area contributed by atoms with E-state index in [-0.39, 0.29) is 36.7 Å². The number of carbonyl (C=O) groups excluding carboxylic acids is 1. The van der Waals surface area contributed by atoms with Gasteiger partial charge in [0.25, 0.3) is 0 Å². The maximum Gasteiger partial charge on any atom is 0.193 e. The van der Waals surface area contributed by atoms with Gasteiger partial charge in [0.05, 0.1) is 30.2 Å². The van der Waals surface area contributed by atoms with Crippen molar-refractivity contribution in [2.45, 2.75) is 43.4 Å². The molecule has 3 aliphatic rings. The molecule has 0 amide bonds. The van der Waals surface area contributed by atoms with Crippen molar-refractivity contribution in [1.82, 2.24) is 9.97 Å². The van der Waals surface area contributed by atoms with Crippen LogP contribution < -0.4 is 4.74 Å². The number of pyridine rings is 1. The third kappa shape index (κ3) is 4.60. The van der Waals surface area contributed by atoms with Crippen LogP contribution in [0.5, 0.6) is 5.88 Å². The second kappa shape index (κ2) is 9.51. The van der Waals surface area contributed by atoms with E-state index in [1.165, 1.54) is 6.07 Å². The largest absolute Gasteiger partial charge is 0.470 e. The maximum absolute atomic E-state index is 15.1. The smallest absolute Gasteiger partial charge is 0.193 e. The number of benzene rings is 2. The minimum atomic E-state index is -0.972. The van der Waals surface area contributed by atoms with E-state index in [0.717, 1.165) is 16.7 Å². The van der Waals surface area contributed by atoms with Crippen LogP contribution >= 0.6 is 0 Å². The summed E-state index contributed by atoms with van der Waals surface area (Å²) in [6.07, 6.45) is -2.17. The summed E-state index contributed by atoms with van der Waals surface area (Å²) in [5, 5.41) is 9.93. The van der Waals surface area contributed by atoms with Crippen LogP contribution in [0.3, 0.4) is 0 Å². The van der Waals surface area contributed by atoms with Crippen molar-refractivity contribution in [2.75, 3.05) is 13.2 Å². The van der Waals surface area contributed by atoms with Gasteiger partial charge in [0.15, 0.2) is 17.8 Å². The van der Waals surface area contributed by atoms with Gasteiger partial charge in [0.2, 0.25) is 0 Å². The van der Waals surface area contributed by atoms with Crippen molar-refractivity contribution in [3.8, 4) is 28.3 Å². The number of carbonyl (C=O) groups is 1. The lowest BCUT2D eigenvalue weighted by Gasteiger charge is -2.16. The Balaban J connectivity index is 1.06. The molecule has 2 aromatic heterocycles. The lowest BCUT2D eigenvalue weighted by Crippen LogP contribution is -2.34. The fraction of sp³-hybridized carbons (Fsp3) is 0.333. The van der Waals surface area contributed by atoms with Gasteiger partial charge in [-0.1, -0.05) is 48.5 Å². The first-order valence-electron chi connectivity index (χ1n) is 13.1. The number of nitrogens with zero attached hydrogens (tertiary/aromatic N) is 1. The van der Waals surface area contributed by atoms with Crippen LogP contribution in [0.25, 0.3) is 33.4 Å². The Morgan fingerprint density at radius 2 is 1.67 bits per heavy atom. The van der Waals surface area contributed by atoms with Gasteiger partial charge in [0, 0.05) is 24.1 Å². The van der Waals surface area contributed by atoms with E-state index in [4.69, 9.17) is 14.2 Å². The standard InChI is InChI=1S/C30H26F2N2O5/c31-20-10-19(20)24(35)9-15-1-3-16(4-2-15)17-5-7-18(8-6-17)28-21(32)11-22-23(34-28)12-27(33-22)39-26-14-38-29-25(36)13-37-30(26)29/h1-8,11-12,19-20,25-26,29-30,33,36H,9-10,13-14H2/t19-,20+,25-,26-,29-,30-/m1/s1. The summed E-state index contributed by atoms with van der Waals surface area (Å²) in [5.74, 6) is -0.510. The molecule has 2 saturated heterocycles. The molecule has 200 valence electrons. The highest BCUT2D eigenvalue weighted by Crippen LogP contribution is 2.36. The van der Waals surface area contributed by atoms with E-state index in [1.807, 2.05) is 48.5 Å². The SMILES string of the molecule is O=C(Cc1ccc(-c2ccc(-c3nc4cc(O[C@@H]5CO[C@H]6[C@@H]5OC[C@H]6O)[nH]c4cc3F)cc2)cc1)[C@@H]1C[C@@H]1F. The molecule has 7 nitrogen and oxygen atoms in total. The molecule has 2 aromatic carbocycles. The van der Waals surface area contributed by atoms with Gasteiger partial charge in [0.1, 0.15) is 36.0 Å². The Morgan fingerprint density at radius 3 is 2.38 bits per heavy atom. The molecule has 0 bridgehead atoms. The number of aliphatic hydroxyl groups is 1. The molecule has 1 aliphatic carbocycles. The van der Waals surface area contributed by atoms with Crippen molar-refractivity contribution in [3.63, 3.8) is 0 Å². The van der Waals surface area contributed by atoms with E-state index >= 15 is 4.39 Å². The van der Waals surface area contributed by atoms with Crippen LogP contribution in [0.2, 0.25) is 0 Å². The summed E-state index contributed by atoms with van der Waals surface area (Å²) < 4.78 is 45.4. The summed E-state index contributed by atoms with van der Waals surface area (Å²) in [4.78, 5) is 19.6. The van der Waals surface area contributed by atoms with E-state index in [2.05, 4.69) is 9.97 Å². The van der Waals surface area contributed by atoms with Crippen molar-refractivity contribution in [1.29, 1.82) is 0 Å². The highest BCUT2D eigenvalue weighted by molar-refractivity contribution is 5.86. The van der Waals surface area contributed by atoms with Gasteiger partial charge in [-0.25, -0.2) is 13.8 Å². The van der Waals surface area contributed by atoms with Crippen LogP contribution in [0, 0.1) is 11.7 Å². The summed E-state index contributed by atoms with van der Waals surface area (Å²) in [7, 11) is 0. The molecule has 0 radical (unpaired) electrons. The Hall–Kier alpha value is -3.66. The predicted molar refractivity (Wildman–Crippen MR) is 139 cm³/mol. The Labute approximate surface area is 222 Å². The van der Waals surface area contributed by atoms with Gasteiger partial charge in [-0.2, -0.15) is 0 Å². The predicted octanol–water partition coefficient (Wildman–Crippen LogP) is 4.41. The quantitative estimate of drug-likeness (QED) is 0.366. The number of halogens is 2. The molecule has 4 aromatic rings. The number of hydrogen-bond acceptors (Lipinski definition) is 6. The molecule has 4 heterocycles. The monoisotopic (exact) mass is 532 g/mol. The molecule has 6 atom stereocenters. The van der Waals surface area contributed by atoms with Crippen LogP contribution in [0.4, 0.5) is 8.78 Å². The number of ether oxygens (including phenoxy) is 3. The highest BCUT2D eigenvalue weighted by atomic mass is 19.1. The second-order valence-electron chi connectivity index (χ2n) is 10.5. The van der Waals surface area contributed by atoms with Crippen LogP contribution in [0.15, 0.2) is 60.7 Å². The number of rotatable bonds is 7. The number of hydrogen-bond donors (Lipinski definition) is 2.